The minimum Gasteiger partial charge on any atom is -0.326 e. The molecule has 0 radical (unpaired) electrons. The molecule has 2 N–H and O–H groups in total. The summed E-state index contributed by atoms with van der Waals surface area (Å²) < 4.78 is 0. The normalized spacial score (nSPS) is 22.2. The topological polar surface area (TPSA) is 29.3 Å². The maximum absolute atomic E-state index is 6.15. The molecule has 1 aliphatic rings. The molecule has 2 rings (SSSR count). The Balaban J connectivity index is 2.07. The predicted molar refractivity (Wildman–Crippen MR) is 64.1 cm³/mol. The van der Waals surface area contributed by atoms with Gasteiger partial charge in [0, 0.05) is 30.7 Å². The van der Waals surface area contributed by atoms with E-state index < -0.39 is 0 Å². The smallest absolute Gasteiger partial charge is 0.0451 e. The third kappa shape index (κ3) is 2.71. The summed E-state index contributed by atoms with van der Waals surface area (Å²) in [5.41, 5.74) is 8.35. The van der Waals surface area contributed by atoms with Gasteiger partial charge in [0.05, 0.1) is 0 Å². The van der Waals surface area contributed by atoms with Crippen LogP contribution in [0.3, 0.4) is 0 Å². The van der Waals surface area contributed by atoms with Gasteiger partial charge in [0.1, 0.15) is 0 Å². The lowest BCUT2D eigenvalue weighted by atomic mass is 10.1. The van der Waals surface area contributed by atoms with Crippen LogP contribution in [0.25, 0.3) is 0 Å². The first-order chi connectivity index (χ1) is 7.15. The van der Waals surface area contributed by atoms with Gasteiger partial charge in [-0.15, -0.1) is 0 Å². The van der Waals surface area contributed by atoms with E-state index in [1.165, 1.54) is 11.1 Å². The highest BCUT2D eigenvalue weighted by Gasteiger charge is 2.19. The Kier molecular flexibility index (Phi) is 3.29. The fourth-order valence-corrected chi connectivity index (χ4v) is 2.25. The molecule has 1 unspecified atom stereocenters. The Morgan fingerprint density at radius 2 is 2.33 bits per heavy atom. The van der Waals surface area contributed by atoms with Crippen molar-refractivity contribution in [3.63, 3.8) is 0 Å². The van der Waals surface area contributed by atoms with Crippen molar-refractivity contribution in [3.05, 3.63) is 34.3 Å². The summed E-state index contributed by atoms with van der Waals surface area (Å²) in [5.74, 6) is 0. The van der Waals surface area contributed by atoms with Crippen molar-refractivity contribution in [2.75, 3.05) is 13.1 Å². The van der Waals surface area contributed by atoms with Gasteiger partial charge in [-0.1, -0.05) is 29.3 Å². The zero-order chi connectivity index (χ0) is 10.8. The van der Waals surface area contributed by atoms with Gasteiger partial charge in [-0.25, -0.2) is 0 Å². The second-order valence-electron chi connectivity index (χ2n) is 4.38. The number of benzene rings is 1. The second-order valence-corrected chi connectivity index (χ2v) is 4.79. The van der Waals surface area contributed by atoms with Crippen molar-refractivity contribution in [2.24, 2.45) is 5.73 Å². The molecule has 1 aromatic rings. The van der Waals surface area contributed by atoms with Crippen LogP contribution in [-0.4, -0.2) is 24.0 Å². The average Bonchev–Trinajstić information content (AvgIpc) is 2.58. The van der Waals surface area contributed by atoms with Gasteiger partial charge < -0.3 is 5.73 Å². The average molecular weight is 225 g/mol. The van der Waals surface area contributed by atoms with Crippen molar-refractivity contribution in [1.82, 2.24) is 4.90 Å². The third-order valence-corrected chi connectivity index (χ3v) is 3.27. The van der Waals surface area contributed by atoms with E-state index in [4.69, 9.17) is 17.3 Å². The summed E-state index contributed by atoms with van der Waals surface area (Å²) >= 11 is 6.15. The maximum atomic E-state index is 6.15. The van der Waals surface area contributed by atoms with Crippen LogP contribution in [0.5, 0.6) is 0 Å². The summed E-state index contributed by atoms with van der Waals surface area (Å²) in [6.45, 7) is 5.10. The van der Waals surface area contributed by atoms with E-state index in [1.54, 1.807) is 0 Å². The van der Waals surface area contributed by atoms with Crippen LogP contribution in [0.1, 0.15) is 17.5 Å². The lowest BCUT2D eigenvalue weighted by Gasteiger charge is -2.16. The molecule has 0 aliphatic carbocycles. The minimum absolute atomic E-state index is 0.341. The molecule has 1 saturated heterocycles. The zero-order valence-corrected chi connectivity index (χ0v) is 9.80. The number of rotatable bonds is 2. The Bertz CT molecular complexity index is 351. The van der Waals surface area contributed by atoms with E-state index in [1.807, 2.05) is 12.1 Å². The minimum atomic E-state index is 0.341. The second kappa shape index (κ2) is 4.52. The zero-order valence-electron chi connectivity index (χ0n) is 9.04. The number of halogens is 1. The highest BCUT2D eigenvalue weighted by atomic mass is 35.5. The molecule has 1 aromatic carbocycles. The number of hydrogen-bond acceptors (Lipinski definition) is 2. The number of aryl methyl sites for hydroxylation is 1. The fourth-order valence-electron chi connectivity index (χ4n) is 2.07. The van der Waals surface area contributed by atoms with Gasteiger partial charge in [0.15, 0.2) is 0 Å². The van der Waals surface area contributed by atoms with Crippen molar-refractivity contribution < 1.29 is 0 Å². The lowest BCUT2D eigenvalue weighted by molar-refractivity contribution is 0.327. The van der Waals surface area contributed by atoms with Gasteiger partial charge in [0.25, 0.3) is 0 Å². The third-order valence-electron chi connectivity index (χ3n) is 2.90. The Labute approximate surface area is 96.0 Å². The first kappa shape index (κ1) is 10.9. The van der Waals surface area contributed by atoms with Crippen LogP contribution in [-0.2, 0) is 6.54 Å². The van der Waals surface area contributed by atoms with Gasteiger partial charge in [-0.3, -0.25) is 4.90 Å². The quantitative estimate of drug-likeness (QED) is 0.835. The van der Waals surface area contributed by atoms with Crippen LogP contribution < -0.4 is 5.73 Å². The van der Waals surface area contributed by atoms with E-state index in [-0.39, 0.29) is 0 Å². The highest BCUT2D eigenvalue weighted by Crippen LogP contribution is 2.20. The van der Waals surface area contributed by atoms with E-state index in [0.717, 1.165) is 31.1 Å². The Morgan fingerprint density at radius 1 is 1.53 bits per heavy atom. The number of nitrogens with two attached hydrogens (primary N) is 1. The number of nitrogens with zero attached hydrogens (tertiary/aromatic N) is 1. The summed E-state index contributed by atoms with van der Waals surface area (Å²) in [6, 6.07) is 6.52. The first-order valence-corrected chi connectivity index (χ1v) is 5.76. The van der Waals surface area contributed by atoms with E-state index in [2.05, 4.69) is 17.9 Å². The SMILES string of the molecule is Cc1ccc(Cl)c(CN2CCC(N)C2)c1. The monoisotopic (exact) mass is 224 g/mol. The van der Waals surface area contributed by atoms with Gasteiger partial charge in [-0.2, -0.15) is 0 Å². The molecule has 0 aromatic heterocycles. The van der Waals surface area contributed by atoms with Gasteiger partial charge in [0.2, 0.25) is 0 Å². The summed E-state index contributed by atoms with van der Waals surface area (Å²) in [6.07, 6.45) is 1.10. The predicted octanol–water partition coefficient (Wildman–Crippen LogP) is 2.18. The molecule has 0 spiro atoms. The first-order valence-electron chi connectivity index (χ1n) is 5.38. The molecule has 0 bridgehead atoms. The van der Waals surface area contributed by atoms with Crippen LogP contribution >= 0.6 is 11.6 Å². The summed E-state index contributed by atoms with van der Waals surface area (Å²) in [4.78, 5) is 2.37. The molecule has 3 heteroatoms. The van der Waals surface area contributed by atoms with Crippen molar-refractivity contribution in [2.45, 2.75) is 25.9 Å². The molecule has 1 atom stereocenters. The van der Waals surface area contributed by atoms with E-state index in [0.29, 0.717) is 6.04 Å². The fraction of sp³-hybridized carbons (Fsp3) is 0.500. The van der Waals surface area contributed by atoms with Crippen LogP contribution in [0.2, 0.25) is 5.02 Å². The molecule has 0 amide bonds. The molecule has 15 heavy (non-hydrogen) atoms. The van der Waals surface area contributed by atoms with Gasteiger partial charge in [-0.05, 0) is 25.0 Å². The Morgan fingerprint density at radius 3 is 3.00 bits per heavy atom. The molecule has 1 aliphatic heterocycles. The van der Waals surface area contributed by atoms with Crippen molar-refractivity contribution in [1.29, 1.82) is 0 Å². The van der Waals surface area contributed by atoms with Crippen molar-refractivity contribution in [3.8, 4) is 0 Å². The Hall–Kier alpha value is -0.570. The maximum Gasteiger partial charge on any atom is 0.0451 e. The van der Waals surface area contributed by atoms with E-state index in [9.17, 15) is 0 Å². The molecule has 1 heterocycles. The highest BCUT2D eigenvalue weighted by molar-refractivity contribution is 6.31. The molecule has 2 nitrogen and oxygen atoms in total. The van der Waals surface area contributed by atoms with Crippen molar-refractivity contribution >= 4 is 11.6 Å². The largest absolute Gasteiger partial charge is 0.326 e. The molecule has 0 saturated carbocycles. The molecule has 1 fully saturated rings. The number of hydrogen-bond donors (Lipinski definition) is 1. The summed E-state index contributed by atoms with van der Waals surface area (Å²) in [5, 5.41) is 0.862. The standard InChI is InChI=1S/C12H17ClN2/c1-9-2-3-12(13)10(6-9)7-15-5-4-11(14)8-15/h2-3,6,11H,4-5,7-8,14H2,1H3. The van der Waals surface area contributed by atoms with E-state index >= 15 is 0 Å². The number of likely N-dealkylation sites (tertiary alicyclic amines) is 1. The van der Waals surface area contributed by atoms with Crippen LogP contribution in [0, 0.1) is 6.92 Å². The molecular formula is C12H17ClN2. The van der Waals surface area contributed by atoms with Gasteiger partial charge >= 0.3 is 0 Å². The van der Waals surface area contributed by atoms with Crippen LogP contribution in [0.15, 0.2) is 18.2 Å². The lowest BCUT2D eigenvalue weighted by Crippen LogP contribution is -2.26. The molecule has 82 valence electrons. The van der Waals surface area contributed by atoms with Crippen LogP contribution in [0.4, 0.5) is 0 Å². The summed E-state index contributed by atoms with van der Waals surface area (Å²) in [7, 11) is 0. The molecular weight excluding hydrogens is 208 g/mol.